The van der Waals surface area contributed by atoms with Gasteiger partial charge < -0.3 is 20.5 Å². The SMILES string of the molecule is COc1ccc([C@H](OC)C(=O)NCc2ccc(C(=N)N)c(F)c2)c(F)c1.Cl. The van der Waals surface area contributed by atoms with Crippen molar-refractivity contribution >= 4 is 24.1 Å². The summed E-state index contributed by atoms with van der Waals surface area (Å²) in [5.41, 5.74) is 5.76. The first kappa shape index (κ1) is 22.3. The van der Waals surface area contributed by atoms with E-state index in [0.717, 1.165) is 6.07 Å². The summed E-state index contributed by atoms with van der Waals surface area (Å²) in [4.78, 5) is 12.3. The lowest BCUT2D eigenvalue weighted by atomic mass is 10.1. The highest BCUT2D eigenvalue weighted by atomic mass is 35.5. The van der Waals surface area contributed by atoms with Crippen LogP contribution in [0.3, 0.4) is 0 Å². The summed E-state index contributed by atoms with van der Waals surface area (Å²) in [5.74, 6) is -1.93. The molecule has 0 heterocycles. The number of benzene rings is 2. The molecule has 2 aromatic rings. The number of methoxy groups -OCH3 is 2. The average Bonchev–Trinajstić information content (AvgIpc) is 2.61. The number of amidine groups is 1. The number of halogens is 3. The van der Waals surface area contributed by atoms with Crippen LogP contribution in [0.1, 0.15) is 22.8 Å². The Labute approximate surface area is 161 Å². The maximum absolute atomic E-state index is 14.1. The Morgan fingerprint density at radius 1 is 1.19 bits per heavy atom. The first-order chi connectivity index (χ1) is 12.4. The van der Waals surface area contributed by atoms with Gasteiger partial charge in [-0.25, -0.2) is 8.78 Å². The average molecular weight is 400 g/mol. The van der Waals surface area contributed by atoms with Crippen molar-refractivity contribution in [3.63, 3.8) is 0 Å². The first-order valence-corrected chi connectivity index (χ1v) is 7.64. The molecule has 0 unspecified atom stereocenters. The van der Waals surface area contributed by atoms with Crippen molar-refractivity contribution in [3.05, 3.63) is 64.7 Å². The van der Waals surface area contributed by atoms with Gasteiger partial charge in [0.2, 0.25) is 0 Å². The number of nitrogens with two attached hydrogens (primary N) is 1. The number of ether oxygens (including phenoxy) is 2. The fraction of sp³-hybridized carbons (Fsp3) is 0.222. The van der Waals surface area contributed by atoms with E-state index >= 15 is 0 Å². The van der Waals surface area contributed by atoms with Crippen LogP contribution in [0.5, 0.6) is 5.75 Å². The summed E-state index contributed by atoms with van der Waals surface area (Å²) in [6.45, 7) is 0.00553. The standard InChI is InChI=1S/C18H19F2N3O3.ClH/c1-25-11-4-6-12(15(20)8-11)16(26-2)18(24)23-9-10-3-5-13(17(21)22)14(19)7-10;/h3-8,16H,9H2,1-2H3,(H3,21,22)(H,23,24);1H/t16-;/m0./s1. The van der Waals surface area contributed by atoms with Gasteiger partial charge in [0, 0.05) is 25.3 Å². The zero-order valence-corrected chi connectivity index (χ0v) is 15.5. The smallest absolute Gasteiger partial charge is 0.254 e. The highest BCUT2D eigenvalue weighted by Gasteiger charge is 2.23. The number of nitrogen functional groups attached to an aromatic ring is 1. The molecule has 27 heavy (non-hydrogen) atoms. The number of nitrogens with one attached hydrogen (secondary N) is 2. The molecular formula is C18H20ClF2N3O3. The zero-order valence-electron chi connectivity index (χ0n) is 14.7. The summed E-state index contributed by atoms with van der Waals surface area (Å²) in [6, 6.07) is 8.15. The molecule has 2 rings (SSSR count). The number of carbonyl (C=O) groups is 1. The van der Waals surface area contributed by atoms with Crippen LogP contribution < -0.4 is 15.8 Å². The molecule has 0 bridgehead atoms. The van der Waals surface area contributed by atoms with Gasteiger partial charge in [-0.05, 0) is 29.8 Å². The van der Waals surface area contributed by atoms with Gasteiger partial charge in [0.15, 0.2) is 6.10 Å². The van der Waals surface area contributed by atoms with E-state index in [4.69, 9.17) is 20.6 Å². The Kier molecular flexibility index (Phi) is 8.14. The summed E-state index contributed by atoms with van der Waals surface area (Å²) in [7, 11) is 2.70. The molecule has 0 radical (unpaired) electrons. The Morgan fingerprint density at radius 2 is 1.89 bits per heavy atom. The molecule has 0 aliphatic heterocycles. The van der Waals surface area contributed by atoms with Crippen molar-refractivity contribution in [1.82, 2.24) is 5.32 Å². The lowest BCUT2D eigenvalue weighted by molar-refractivity contribution is -0.131. The predicted molar refractivity (Wildman–Crippen MR) is 99.2 cm³/mol. The minimum atomic E-state index is -1.16. The van der Waals surface area contributed by atoms with Gasteiger partial charge in [-0.1, -0.05) is 6.07 Å². The molecule has 0 saturated carbocycles. The minimum Gasteiger partial charge on any atom is -0.497 e. The third-order valence-electron chi connectivity index (χ3n) is 3.75. The molecule has 9 heteroatoms. The first-order valence-electron chi connectivity index (χ1n) is 7.64. The topological polar surface area (TPSA) is 97.4 Å². The summed E-state index contributed by atoms with van der Waals surface area (Å²) in [5, 5.41) is 9.82. The monoisotopic (exact) mass is 399 g/mol. The Bertz CT molecular complexity index is 833. The van der Waals surface area contributed by atoms with Gasteiger partial charge in [0.25, 0.3) is 5.91 Å². The molecule has 146 valence electrons. The van der Waals surface area contributed by atoms with Crippen LogP contribution in [-0.4, -0.2) is 26.0 Å². The fourth-order valence-electron chi connectivity index (χ4n) is 2.39. The van der Waals surface area contributed by atoms with Crippen LogP contribution in [0, 0.1) is 17.0 Å². The van der Waals surface area contributed by atoms with Gasteiger partial charge in [-0.3, -0.25) is 10.2 Å². The van der Waals surface area contributed by atoms with E-state index in [1.165, 1.54) is 44.6 Å². The molecule has 2 aromatic carbocycles. The van der Waals surface area contributed by atoms with E-state index in [0.29, 0.717) is 11.3 Å². The molecule has 4 N–H and O–H groups in total. The maximum Gasteiger partial charge on any atom is 0.254 e. The van der Waals surface area contributed by atoms with Crippen LogP contribution in [0.2, 0.25) is 0 Å². The van der Waals surface area contributed by atoms with Crippen molar-refractivity contribution in [3.8, 4) is 5.75 Å². The molecule has 0 saturated heterocycles. The zero-order chi connectivity index (χ0) is 19.3. The molecule has 6 nitrogen and oxygen atoms in total. The highest BCUT2D eigenvalue weighted by molar-refractivity contribution is 5.95. The van der Waals surface area contributed by atoms with E-state index in [9.17, 15) is 13.6 Å². The van der Waals surface area contributed by atoms with Gasteiger partial charge in [0.05, 0.1) is 12.7 Å². The molecule has 0 aliphatic rings. The predicted octanol–water partition coefficient (Wildman–Crippen LogP) is 2.68. The van der Waals surface area contributed by atoms with Crippen molar-refractivity contribution in [2.24, 2.45) is 5.73 Å². The van der Waals surface area contributed by atoms with Gasteiger partial charge in [-0.15, -0.1) is 12.4 Å². The minimum absolute atomic E-state index is 0. The molecule has 0 aliphatic carbocycles. The third-order valence-corrected chi connectivity index (χ3v) is 3.75. The van der Waals surface area contributed by atoms with E-state index in [2.05, 4.69) is 5.32 Å². The second-order valence-electron chi connectivity index (χ2n) is 5.45. The maximum atomic E-state index is 14.1. The highest BCUT2D eigenvalue weighted by Crippen LogP contribution is 2.24. The second kappa shape index (κ2) is 9.84. The van der Waals surface area contributed by atoms with E-state index in [1.807, 2.05) is 0 Å². The van der Waals surface area contributed by atoms with Crippen LogP contribution in [0.4, 0.5) is 8.78 Å². The number of hydrogen-bond acceptors (Lipinski definition) is 4. The summed E-state index contributed by atoms with van der Waals surface area (Å²) >= 11 is 0. The van der Waals surface area contributed by atoms with Crippen molar-refractivity contribution < 1.29 is 23.0 Å². The fourth-order valence-corrected chi connectivity index (χ4v) is 2.39. The van der Waals surface area contributed by atoms with Crippen molar-refractivity contribution in [1.29, 1.82) is 5.41 Å². The van der Waals surface area contributed by atoms with Crippen LogP contribution >= 0.6 is 12.4 Å². The van der Waals surface area contributed by atoms with Gasteiger partial charge >= 0.3 is 0 Å². The molecule has 0 aromatic heterocycles. The van der Waals surface area contributed by atoms with Crippen molar-refractivity contribution in [2.45, 2.75) is 12.6 Å². The number of rotatable bonds is 7. The largest absolute Gasteiger partial charge is 0.497 e. The molecule has 0 spiro atoms. The van der Waals surface area contributed by atoms with Crippen LogP contribution in [-0.2, 0) is 16.1 Å². The van der Waals surface area contributed by atoms with Gasteiger partial charge in [-0.2, -0.15) is 0 Å². The summed E-state index contributed by atoms with van der Waals surface area (Å²) in [6.07, 6.45) is -1.16. The molecular weight excluding hydrogens is 380 g/mol. The lowest BCUT2D eigenvalue weighted by Gasteiger charge is -2.17. The third kappa shape index (κ3) is 5.38. The van der Waals surface area contributed by atoms with E-state index in [1.54, 1.807) is 0 Å². The van der Waals surface area contributed by atoms with Crippen molar-refractivity contribution in [2.75, 3.05) is 14.2 Å². The summed E-state index contributed by atoms with van der Waals surface area (Å²) < 4.78 is 38.0. The Morgan fingerprint density at radius 3 is 2.41 bits per heavy atom. The molecule has 1 atom stereocenters. The van der Waals surface area contributed by atoms with Gasteiger partial charge in [0.1, 0.15) is 23.2 Å². The quantitative estimate of drug-likeness (QED) is 0.492. The number of hydrogen-bond donors (Lipinski definition) is 3. The van der Waals surface area contributed by atoms with Crippen LogP contribution in [0.25, 0.3) is 0 Å². The number of amides is 1. The Hall–Kier alpha value is -2.71. The van der Waals surface area contributed by atoms with Crippen LogP contribution in [0.15, 0.2) is 36.4 Å². The number of carbonyl (C=O) groups excluding carboxylic acids is 1. The van der Waals surface area contributed by atoms with E-state index in [-0.39, 0.29) is 35.9 Å². The lowest BCUT2D eigenvalue weighted by Crippen LogP contribution is -2.30. The second-order valence-corrected chi connectivity index (χ2v) is 5.45. The Balaban J connectivity index is 0.00000364. The normalized spacial score (nSPS) is 11.3. The van der Waals surface area contributed by atoms with E-state index < -0.39 is 23.6 Å². The molecule has 1 amide bonds. The molecule has 0 fully saturated rings.